The Morgan fingerprint density at radius 3 is 2.70 bits per heavy atom. The van der Waals surface area contributed by atoms with Gasteiger partial charge in [-0.2, -0.15) is 5.10 Å². The zero-order valence-electron chi connectivity index (χ0n) is 15.9. The van der Waals surface area contributed by atoms with Gasteiger partial charge in [0.2, 0.25) is 0 Å². The van der Waals surface area contributed by atoms with Crippen LogP contribution >= 0.6 is 11.3 Å². The first-order valence-electron chi connectivity index (χ1n) is 10.2. The SMILES string of the molecule is CCc1nn(C2CCOCC2)c2sc(C(=O)NC3CCC(CO)CC3)cc12. The fourth-order valence-electron chi connectivity index (χ4n) is 4.28. The van der Waals surface area contributed by atoms with Gasteiger partial charge in [-0.3, -0.25) is 9.48 Å². The molecule has 0 radical (unpaired) electrons. The Balaban J connectivity index is 1.52. The molecule has 2 N–H and O–H groups in total. The average molecular weight is 392 g/mol. The van der Waals surface area contributed by atoms with Gasteiger partial charge in [0.05, 0.1) is 16.6 Å². The van der Waals surface area contributed by atoms with Crippen LogP contribution in [0.2, 0.25) is 0 Å². The van der Waals surface area contributed by atoms with Crippen molar-refractivity contribution in [3.8, 4) is 0 Å². The Morgan fingerprint density at radius 1 is 1.30 bits per heavy atom. The van der Waals surface area contributed by atoms with E-state index in [1.807, 2.05) is 6.07 Å². The van der Waals surface area contributed by atoms with E-state index in [-0.39, 0.29) is 18.6 Å². The summed E-state index contributed by atoms with van der Waals surface area (Å²) in [5.41, 5.74) is 1.08. The number of carbonyl (C=O) groups excluding carboxylic acids is 1. The number of fused-ring (bicyclic) bond motifs is 1. The van der Waals surface area contributed by atoms with Crippen molar-refractivity contribution in [2.75, 3.05) is 19.8 Å². The maximum atomic E-state index is 12.8. The van der Waals surface area contributed by atoms with Crippen LogP contribution in [0.1, 0.15) is 66.9 Å². The third-order valence-electron chi connectivity index (χ3n) is 6.00. The number of nitrogens with one attached hydrogen (secondary N) is 1. The summed E-state index contributed by atoms with van der Waals surface area (Å²) in [5, 5.41) is 18.5. The molecule has 148 valence electrons. The highest BCUT2D eigenvalue weighted by Crippen LogP contribution is 2.34. The van der Waals surface area contributed by atoms with Gasteiger partial charge in [0, 0.05) is 31.2 Å². The molecular weight excluding hydrogens is 362 g/mol. The highest BCUT2D eigenvalue weighted by Gasteiger charge is 2.26. The second-order valence-electron chi connectivity index (χ2n) is 7.79. The van der Waals surface area contributed by atoms with Crippen LogP contribution in [0.5, 0.6) is 0 Å². The van der Waals surface area contributed by atoms with E-state index >= 15 is 0 Å². The van der Waals surface area contributed by atoms with Crippen molar-refractivity contribution in [2.45, 2.75) is 64.0 Å². The predicted octanol–water partition coefficient (Wildman–Crippen LogP) is 3.29. The molecular formula is C20H29N3O3S. The van der Waals surface area contributed by atoms with E-state index in [9.17, 15) is 9.90 Å². The number of aromatic nitrogens is 2. The fourth-order valence-corrected chi connectivity index (χ4v) is 5.39. The van der Waals surface area contributed by atoms with E-state index in [1.165, 1.54) is 0 Å². The first kappa shape index (κ1) is 18.9. The third-order valence-corrected chi connectivity index (χ3v) is 7.12. The summed E-state index contributed by atoms with van der Waals surface area (Å²) in [5.74, 6) is 0.435. The molecule has 2 aliphatic rings. The van der Waals surface area contributed by atoms with Gasteiger partial charge in [0.15, 0.2) is 0 Å². The molecule has 7 heteroatoms. The number of carbonyl (C=O) groups is 1. The van der Waals surface area contributed by atoms with Crippen LogP contribution in [0.15, 0.2) is 6.07 Å². The lowest BCUT2D eigenvalue weighted by atomic mass is 9.86. The van der Waals surface area contributed by atoms with Gasteiger partial charge < -0.3 is 15.2 Å². The number of ether oxygens (including phenoxy) is 1. The largest absolute Gasteiger partial charge is 0.396 e. The van der Waals surface area contributed by atoms with Crippen molar-refractivity contribution in [1.29, 1.82) is 0 Å². The highest BCUT2D eigenvalue weighted by atomic mass is 32.1. The maximum absolute atomic E-state index is 12.8. The van der Waals surface area contributed by atoms with Gasteiger partial charge in [0.1, 0.15) is 4.83 Å². The third kappa shape index (κ3) is 3.91. The van der Waals surface area contributed by atoms with E-state index in [2.05, 4.69) is 16.9 Å². The summed E-state index contributed by atoms with van der Waals surface area (Å²) in [6, 6.07) is 2.61. The number of hydrogen-bond acceptors (Lipinski definition) is 5. The van der Waals surface area contributed by atoms with Crippen LogP contribution in [0.25, 0.3) is 10.2 Å². The smallest absolute Gasteiger partial charge is 0.261 e. The molecule has 1 saturated carbocycles. The molecule has 0 unspecified atom stereocenters. The minimum atomic E-state index is 0.0317. The summed E-state index contributed by atoms with van der Waals surface area (Å²) < 4.78 is 7.64. The second-order valence-corrected chi connectivity index (χ2v) is 8.82. The van der Waals surface area contributed by atoms with Gasteiger partial charge in [0.25, 0.3) is 5.91 Å². The number of amides is 1. The van der Waals surface area contributed by atoms with Crippen LogP contribution in [0.4, 0.5) is 0 Å². The lowest BCUT2D eigenvalue weighted by Gasteiger charge is -2.27. The first-order chi connectivity index (χ1) is 13.2. The Labute approximate surface area is 163 Å². The number of aliphatic hydroxyl groups excluding tert-OH is 1. The molecule has 6 nitrogen and oxygen atoms in total. The maximum Gasteiger partial charge on any atom is 0.261 e. The van der Waals surface area contributed by atoms with Crippen LogP contribution < -0.4 is 5.32 Å². The summed E-state index contributed by atoms with van der Waals surface area (Å²) in [4.78, 5) is 14.7. The quantitative estimate of drug-likeness (QED) is 0.820. The van der Waals surface area contributed by atoms with Gasteiger partial charge >= 0.3 is 0 Å². The van der Waals surface area contributed by atoms with Crippen LogP contribution in [-0.2, 0) is 11.2 Å². The Kier molecular flexibility index (Phi) is 5.80. The summed E-state index contributed by atoms with van der Waals surface area (Å²) >= 11 is 1.56. The molecule has 1 amide bonds. The van der Waals surface area contributed by atoms with Crippen molar-refractivity contribution in [2.24, 2.45) is 5.92 Å². The summed E-state index contributed by atoms with van der Waals surface area (Å²) in [6.45, 7) is 3.94. The minimum absolute atomic E-state index is 0.0317. The molecule has 2 aromatic rings. The summed E-state index contributed by atoms with van der Waals surface area (Å²) in [7, 11) is 0. The van der Waals surface area contributed by atoms with E-state index < -0.39 is 0 Å². The molecule has 0 bridgehead atoms. The molecule has 0 aromatic carbocycles. The van der Waals surface area contributed by atoms with Gasteiger partial charge in [-0.05, 0) is 56.9 Å². The zero-order valence-corrected chi connectivity index (χ0v) is 16.8. The molecule has 3 heterocycles. The van der Waals surface area contributed by atoms with Crippen LogP contribution in [-0.4, -0.2) is 46.7 Å². The van der Waals surface area contributed by atoms with Crippen molar-refractivity contribution >= 4 is 27.5 Å². The number of aliphatic hydroxyl groups is 1. The van der Waals surface area contributed by atoms with Gasteiger partial charge in [-0.15, -0.1) is 11.3 Å². The Bertz CT molecular complexity index is 786. The lowest BCUT2D eigenvalue weighted by Crippen LogP contribution is -2.37. The Morgan fingerprint density at radius 2 is 2.04 bits per heavy atom. The number of nitrogens with zero attached hydrogens (tertiary/aromatic N) is 2. The molecule has 1 aliphatic carbocycles. The minimum Gasteiger partial charge on any atom is -0.396 e. The van der Waals surface area contributed by atoms with Crippen molar-refractivity contribution in [3.63, 3.8) is 0 Å². The fraction of sp³-hybridized carbons (Fsp3) is 0.700. The Hall–Kier alpha value is -1.44. The summed E-state index contributed by atoms with van der Waals surface area (Å²) in [6.07, 6.45) is 6.73. The molecule has 1 saturated heterocycles. The molecule has 0 atom stereocenters. The zero-order chi connectivity index (χ0) is 18.8. The molecule has 2 aromatic heterocycles. The standard InChI is InChI=1S/C20H29N3O3S/c1-2-17-16-11-18(19(25)21-14-5-3-13(12-24)4-6-14)27-20(16)23(22-17)15-7-9-26-10-8-15/h11,13-15,24H,2-10,12H2,1H3,(H,21,25). The van der Waals surface area contributed by atoms with E-state index in [4.69, 9.17) is 9.84 Å². The number of aryl methyl sites for hydroxylation is 1. The first-order valence-corrected chi connectivity index (χ1v) is 11.0. The highest BCUT2D eigenvalue weighted by molar-refractivity contribution is 7.20. The number of hydrogen-bond donors (Lipinski definition) is 2. The van der Waals surface area contributed by atoms with Crippen molar-refractivity contribution in [3.05, 3.63) is 16.6 Å². The van der Waals surface area contributed by atoms with Gasteiger partial charge in [-0.1, -0.05) is 6.92 Å². The monoisotopic (exact) mass is 391 g/mol. The van der Waals surface area contributed by atoms with E-state index in [0.29, 0.717) is 12.0 Å². The van der Waals surface area contributed by atoms with E-state index in [1.54, 1.807) is 11.3 Å². The van der Waals surface area contributed by atoms with Crippen molar-refractivity contribution < 1.29 is 14.6 Å². The molecule has 27 heavy (non-hydrogen) atoms. The topological polar surface area (TPSA) is 76.4 Å². The number of rotatable bonds is 5. The molecule has 1 aliphatic heterocycles. The predicted molar refractivity (Wildman–Crippen MR) is 106 cm³/mol. The molecule has 0 spiro atoms. The molecule has 4 rings (SSSR count). The molecule has 2 fully saturated rings. The normalized spacial score (nSPS) is 24.4. The van der Waals surface area contributed by atoms with Crippen LogP contribution in [0.3, 0.4) is 0 Å². The lowest BCUT2D eigenvalue weighted by molar-refractivity contribution is 0.0675. The van der Waals surface area contributed by atoms with Gasteiger partial charge in [-0.25, -0.2) is 0 Å². The average Bonchev–Trinajstić information content (AvgIpc) is 3.28. The van der Waals surface area contributed by atoms with Crippen LogP contribution in [0, 0.1) is 5.92 Å². The van der Waals surface area contributed by atoms with Crippen molar-refractivity contribution in [1.82, 2.24) is 15.1 Å². The van der Waals surface area contributed by atoms with E-state index in [0.717, 1.165) is 78.9 Å². The number of thiophene rings is 1. The second kappa shape index (κ2) is 8.29.